The fourth-order valence-corrected chi connectivity index (χ4v) is 0.375. The third-order valence-electron chi connectivity index (χ3n) is 0.660. The highest BCUT2D eigenvalue weighted by Crippen LogP contribution is 1.92. The maximum atomic E-state index is 9.96. The molecule has 33 valence electrons. The first-order valence-electron chi connectivity index (χ1n) is 1.87. The quantitative estimate of drug-likeness (QED) is 0.408. The smallest absolute Gasteiger partial charge is 0.0730 e. The minimum atomic E-state index is 0.542. The van der Waals surface area contributed by atoms with Gasteiger partial charge in [-0.25, -0.2) is 0 Å². The van der Waals surface area contributed by atoms with E-state index in [1.54, 1.807) is 6.21 Å². The van der Waals surface area contributed by atoms with E-state index < -0.39 is 0 Å². The van der Waals surface area contributed by atoms with Crippen LogP contribution < -0.4 is 0 Å². The Kier molecular flexibility index (Phi) is 0.759. The van der Waals surface area contributed by atoms with Gasteiger partial charge in [0.25, 0.3) is 0 Å². The molecule has 1 aliphatic heterocycles. The van der Waals surface area contributed by atoms with Gasteiger partial charge < -0.3 is 0 Å². The van der Waals surface area contributed by atoms with Gasteiger partial charge in [0.05, 0.1) is 6.54 Å². The van der Waals surface area contributed by atoms with Crippen molar-refractivity contribution in [2.75, 3.05) is 6.54 Å². The van der Waals surface area contributed by atoms with Crippen molar-refractivity contribution in [3.05, 3.63) is 0 Å². The first-order chi connectivity index (χ1) is 2.89. The SMILES string of the molecule is [O]N1CCC=N1. The fraction of sp³-hybridized carbons (Fsp3) is 0.667. The zero-order valence-corrected chi connectivity index (χ0v) is 3.29. The van der Waals surface area contributed by atoms with E-state index in [9.17, 15) is 5.21 Å². The largest absolute Gasteiger partial charge is 0.162 e. The highest BCUT2D eigenvalue weighted by molar-refractivity contribution is 5.58. The third kappa shape index (κ3) is 0.490. The van der Waals surface area contributed by atoms with E-state index in [2.05, 4.69) is 5.10 Å². The lowest BCUT2D eigenvalue weighted by Crippen LogP contribution is -2.03. The summed E-state index contributed by atoms with van der Waals surface area (Å²) in [7, 11) is 0. The molecule has 0 aromatic rings. The van der Waals surface area contributed by atoms with Crippen molar-refractivity contribution in [1.29, 1.82) is 0 Å². The lowest BCUT2D eigenvalue weighted by Gasteiger charge is -1.92. The van der Waals surface area contributed by atoms with E-state index in [1.165, 1.54) is 0 Å². The fourth-order valence-electron chi connectivity index (χ4n) is 0.375. The van der Waals surface area contributed by atoms with Crippen LogP contribution in [0.15, 0.2) is 5.10 Å². The lowest BCUT2D eigenvalue weighted by atomic mass is 10.5. The van der Waals surface area contributed by atoms with Gasteiger partial charge in [-0.2, -0.15) is 5.10 Å². The highest BCUT2D eigenvalue weighted by atomic mass is 16.5. The van der Waals surface area contributed by atoms with Crippen LogP contribution in [0, 0.1) is 0 Å². The Morgan fingerprint density at radius 3 is 2.83 bits per heavy atom. The van der Waals surface area contributed by atoms with Crippen LogP contribution in [0.4, 0.5) is 0 Å². The van der Waals surface area contributed by atoms with Crippen molar-refractivity contribution in [2.45, 2.75) is 6.42 Å². The average Bonchev–Trinajstić information content (AvgIpc) is 1.86. The van der Waals surface area contributed by atoms with Crippen molar-refractivity contribution in [1.82, 2.24) is 5.17 Å². The van der Waals surface area contributed by atoms with Crippen molar-refractivity contribution in [3.63, 3.8) is 0 Å². The lowest BCUT2D eigenvalue weighted by molar-refractivity contribution is -0.147. The Bertz CT molecular complexity index is 71.2. The molecule has 0 saturated heterocycles. The molecule has 1 radical (unpaired) electrons. The van der Waals surface area contributed by atoms with E-state index in [-0.39, 0.29) is 0 Å². The summed E-state index contributed by atoms with van der Waals surface area (Å²) in [5.74, 6) is 0. The first-order valence-corrected chi connectivity index (χ1v) is 1.87. The summed E-state index contributed by atoms with van der Waals surface area (Å²) < 4.78 is 0. The van der Waals surface area contributed by atoms with E-state index in [1.807, 2.05) is 0 Å². The van der Waals surface area contributed by atoms with Crippen LogP contribution in [0.2, 0.25) is 0 Å². The first kappa shape index (κ1) is 3.61. The molecule has 0 fully saturated rings. The number of nitrogens with zero attached hydrogens (tertiary/aromatic N) is 2. The molecule has 6 heavy (non-hydrogen) atoms. The number of hydrogen-bond donors (Lipinski definition) is 0. The molecule has 0 saturated carbocycles. The summed E-state index contributed by atoms with van der Waals surface area (Å²) in [6, 6.07) is 0. The van der Waals surface area contributed by atoms with Gasteiger partial charge in [0.1, 0.15) is 0 Å². The Morgan fingerprint density at radius 2 is 2.67 bits per heavy atom. The van der Waals surface area contributed by atoms with E-state index in [4.69, 9.17) is 0 Å². The Morgan fingerprint density at radius 1 is 1.83 bits per heavy atom. The minimum Gasteiger partial charge on any atom is -0.162 e. The molecule has 0 atom stereocenters. The number of hydrogen-bond acceptors (Lipinski definition) is 2. The molecule has 0 aromatic carbocycles. The van der Waals surface area contributed by atoms with Crippen LogP contribution in [0.1, 0.15) is 6.42 Å². The molecule has 3 heteroatoms. The van der Waals surface area contributed by atoms with Crippen LogP contribution in [0.25, 0.3) is 0 Å². The van der Waals surface area contributed by atoms with Crippen molar-refractivity contribution in [3.8, 4) is 0 Å². The minimum absolute atomic E-state index is 0.542. The van der Waals surface area contributed by atoms with Crippen molar-refractivity contribution < 1.29 is 5.21 Å². The predicted molar refractivity (Wildman–Crippen MR) is 20.5 cm³/mol. The van der Waals surface area contributed by atoms with E-state index >= 15 is 0 Å². The summed E-state index contributed by atoms with van der Waals surface area (Å²) in [4.78, 5) is 0. The summed E-state index contributed by atoms with van der Waals surface area (Å²) in [5, 5.41) is 14.0. The molecule has 0 N–H and O–H groups in total. The second-order valence-electron chi connectivity index (χ2n) is 1.16. The molecule has 0 aliphatic carbocycles. The molecule has 1 heterocycles. The van der Waals surface area contributed by atoms with Crippen molar-refractivity contribution in [2.24, 2.45) is 5.10 Å². The second kappa shape index (κ2) is 1.26. The molecule has 0 unspecified atom stereocenters. The van der Waals surface area contributed by atoms with Gasteiger partial charge in [0, 0.05) is 12.6 Å². The zero-order chi connectivity index (χ0) is 4.41. The molecule has 0 aromatic heterocycles. The average molecular weight is 85.1 g/mol. The number of hydroxylamine groups is 1. The number of hydrazone groups is 1. The molecular formula is C3H5N2O. The van der Waals surface area contributed by atoms with Crippen LogP contribution in [-0.4, -0.2) is 17.9 Å². The number of rotatable bonds is 0. The van der Waals surface area contributed by atoms with Gasteiger partial charge in [-0.3, -0.25) is 0 Å². The topological polar surface area (TPSA) is 35.5 Å². The molecular weight excluding hydrogens is 80.0 g/mol. The van der Waals surface area contributed by atoms with Crippen molar-refractivity contribution >= 4 is 6.21 Å². The Balaban J connectivity index is 2.38. The molecule has 1 aliphatic rings. The molecule has 3 nitrogen and oxygen atoms in total. The molecule has 0 amide bonds. The Labute approximate surface area is 35.8 Å². The van der Waals surface area contributed by atoms with Crippen LogP contribution in [-0.2, 0) is 5.21 Å². The van der Waals surface area contributed by atoms with E-state index in [0.29, 0.717) is 11.7 Å². The monoisotopic (exact) mass is 85.0 g/mol. The summed E-state index contributed by atoms with van der Waals surface area (Å²) >= 11 is 0. The Hall–Kier alpha value is -0.570. The van der Waals surface area contributed by atoms with Crippen LogP contribution >= 0.6 is 0 Å². The van der Waals surface area contributed by atoms with Gasteiger partial charge in [-0.1, -0.05) is 5.21 Å². The normalized spacial score (nSPS) is 19.8. The summed E-state index contributed by atoms with van der Waals surface area (Å²) in [6.07, 6.45) is 2.43. The van der Waals surface area contributed by atoms with Gasteiger partial charge >= 0.3 is 0 Å². The van der Waals surface area contributed by atoms with Gasteiger partial charge in [0.2, 0.25) is 0 Å². The van der Waals surface area contributed by atoms with Gasteiger partial charge in [0.15, 0.2) is 0 Å². The molecule has 0 bridgehead atoms. The molecule has 0 spiro atoms. The summed E-state index contributed by atoms with van der Waals surface area (Å²) in [5.41, 5.74) is 0. The van der Waals surface area contributed by atoms with Gasteiger partial charge in [-0.15, -0.1) is 5.17 Å². The standard InChI is InChI=1S/C3H5N2O/c6-5-3-1-2-4-5/h2H,1,3H2. The molecule has 1 rings (SSSR count). The third-order valence-corrected chi connectivity index (χ3v) is 0.660. The zero-order valence-electron chi connectivity index (χ0n) is 3.29. The van der Waals surface area contributed by atoms with E-state index in [0.717, 1.165) is 6.42 Å². The second-order valence-corrected chi connectivity index (χ2v) is 1.16. The highest BCUT2D eigenvalue weighted by Gasteiger charge is 1.99. The summed E-state index contributed by atoms with van der Waals surface area (Å²) in [6.45, 7) is 0.542. The predicted octanol–water partition coefficient (Wildman–Crippen LogP) is 0.0234. The van der Waals surface area contributed by atoms with Crippen LogP contribution in [0.3, 0.4) is 0 Å². The maximum absolute atomic E-state index is 9.96. The van der Waals surface area contributed by atoms with Crippen LogP contribution in [0.5, 0.6) is 0 Å². The van der Waals surface area contributed by atoms with Gasteiger partial charge in [-0.05, 0) is 0 Å². The maximum Gasteiger partial charge on any atom is 0.0730 e.